The molecule has 0 spiro atoms. The Morgan fingerprint density at radius 1 is 1.09 bits per heavy atom. The smallest absolute Gasteiger partial charge is 0.243 e. The summed E-state index contributed by atoms with van der Waals surface area (Å²) in [5.74, 6) is 0.369. The number of rotatable bonds is 7. The molecule has 0 saturated carbocycles. The number of nitrogens with zero attached hydrogens (tertiary/aromatic N) is 4. The summed E-state index contributed by atoms with van der Waals surface area (Å²) in [5, 5.41) is 13.3. The second-order valence-electron chi connectivity index (χ2n) is 8.21. The fourth-order valence-electron chi connectivity index (χ4n) is 4.07. The molecule has 2 aromatic heterocycles. The third-order valence-corrected chi connectivity index (χ3v) is 8.72. The monoisotopic (exact) mass is 511 g/mol. The minimum Gasteiger partial charge on any atom is -0.379 e. The van der Waals surface area contributed by atoms with Gasteiger partial charge in [0.05, 0.1) is 23.6 Å². The quantitative estimate of drug-likeness (QED) is 0.379. The molecule has 1 aliphatic rings. The number of thioether (sulfide) groups is 1. The van der Waals surface area contributed by atoms with Crippen molar-refractivity contribution in [3.05, 3.63) is 60.2 Å². The number of aryl methyl sites for hydroxylation is 1. The van der Waals surface area contributed by atoms with Crippen LogP contribution in [0.1, 0.15) is 12.0 Å². The number of nitrogens with one attached hydrogen (secondary N) is 1. The SMILES string of the molecule is Cc1cc2nnc(SCCC(=O)Nc3ccc(S(=O)(=O)N4CCOCC4)cc3)n2c2ccccc12. The Morgan fingerprint density at radius 3 is 2.60 bits per heavy atom. The van der Waals surface area contributed by atoms with E-state index < -0.39 is 10.0 Å². The minimum atomic E-state index is -3.56. The number of para-hydroxylation sites is 1. The molecule has 0 radical (unpaired) electrons. The zero-order valence-electron chi connectivity index (χ0n) is 19.2. The van der Waals surface area contributed by atoms with Crippen LogP contribution in [0.3, 0.4) is 0 Å². The molecular formula is C24H25N5O4S2. The van der Waals surface area contributed by atoms with Crippen molar-refractivity contribution >= 4 is 49.9 Å². The summed E-state index contributed by atoms with van der Waals surface area (Å²) >= 11 is 1.47. The van der Waals surface area contributed by atoms with Crippen LogP contribution in [0.2, 0.25) is 0 Å². The molecule has 0 atom stereocenters. The summed E-state index contributed by atoms with van der Waals surface area (Å²) in [6.07, 6.45) is 0.275. The Morgan fingerprint density at radius 2 is 1.83 bits per heavy atom. The Labute approximate surface area is 207 Å². The molecule has 0 aliphatic carbocycles. The zero-order valence-corrected chi connectivity index (χ0v) is 20.8. The molecule has 5 rings (SSSR count). The van der Waals surface area contributed by atoms with Gasteiger partial charge in [0.2, 0.25) is 15.9 Å². The van der Waals surface area contributed by atoms with Crippen LogP contribution in [-0.4, -0.2) is 65.3 Å². The van der Waals surface area contributed by atoms with E-state index in [1.807, 2.05) is 28.7 Å². The second-order valence-corrected chi connectivity index (χ2v) is 11.2. The lowest BCUT2D eigenvalue weighted by molar-refractivity contribution is -0.115. The van der Waals surface area contributed by atoms with Crippen LogP contribution in [0.15, 0.2) is 64.6 Å². The van der Waals surface area contributed by atoms with E-state index in [2.05, 4.69) is 28.5 Å². The number of pyridine rings is 1. The first kappa shape index (κ1) is 23.7. The fraction of sp³-hybridized carbons (Fsp3) is 0.292. The molecule has 2 aromatic carbocycles. The lowest BCUT2D eigenvalue weighted by Crippen LogP contribution is -2.40. The van der Waals surface area contributed by atoms with Crippen molar-refractivity contribution in [2.75, 3.05) is 37.4 Å². The fourth-order valence-corrected chi connectivity index (χ4v) is 6.37. The third-order valence-electron chi connectivity index (χ3n) is 5.88. The molecule has 0 unspecified atom stereocenters. The van der Waals surface area contributed by atoms with Gasteiger partial charge in [-0.05, 0) is 48.9 Å². The van der Waals surface area contributed by atoms with Crippen LogP contribution in [0.4, 0.5) is 5.69 Å². The summed E-state index contributed by atoms with van der Waals surface area (Å²) in [7, 11) is -3.56. The van der Waals surface area contributed by atoms with Gasteiger partial charge < -0.3 is 10.1 Å². The first-order valence-corrected chi connectivity index (χ1v) is 13.7. The van der Waals surface area contributed by atoms with E-state index in [1.54, 1.807) is 12.1 Å². The number of sulfonamides is 1. The van der Waals surface area contributed by atoms with Gasteiger partial charge >= 0.3 is 0 Å². The molecule has 35 heavy (non-hydrogen) atoms. The number of morpholine rings is 1. The predicted octanol–water partition coefficient (Wildman–Crippen LogP) is 3.33. The lowest BCUT2D eigenvalue weighted by Gasteiger charge is -2.26. The number of ether oxygens (including phenoxy) is 1. The van der Waals surface area contributed by atoms with Gasteiger partial charge in [0.1, 0.15) is 0 Å². The maximum atomic E-state index is 12.7. The number of amides is 1. The van der Waals surface area contributed by atoms with Gasteiger partial charge in [-0.25, -0.2) is 8.42 Å². The first-order chi connectivity index (χ1) is 16.9. The first-order valence-electron chi connectivity index (χ1n) is 11.3. The lowest BCUT2D eigenvalue weighted by atomic mass is 10.1. The van der Waals surface area contributed by atoms with E-state index in [0.717, 1.165) is 27.3 Å². The summed E-state index contributed by atoms with van der Waals surface area (Å²) in [6.45, 7) is 3.53. The second kappa shape index (κ2) is 9.94. The summed E-state index contributed by atoms with van der Waals surface area (Å²) in [5.41, 5.74) is 3.50. The van der Waals surface area contributed by atoms with Gasteiger partial charge in [-0.15, -0.1) is 10.2 Å². The van der Waals surface area contributed by atoms with E-state index in [9.17, 15) is 13.2 Å². The van der Waals surface area contributed by atoms with E-state index in [0.29, 0.717) is 37.7 Å². The van der Waals surface area contributed by atoms with Crippen molar-refractivity contribution in [1.82, 2.24) is 18.9 Å². The molecule has 1 N–H and O–H groups in total. The van der Waals surface area contributed by atoms with E-state index in [1.165, 1.54) is 28.2 Å². The molecule has 1 saturated heterocycles. The molecule has 1 amide bonds. The van der Waals surface area contributed by atoms with Gasteiger partial charge in [-0.1, -0.05) is 30.0 Å². The Hall–Kier alpha value is -2.99. The zero-order chi connectivity index (χ0) is 24.4. The van der Waals surface area contributed by atoms with Crippen molar-refractivity contribution in [1.29, 1.82) is 0 Å². The number of carbonyl (C=O) groups excluding carboxylic acids is 1. The molecule has 182 valence electrons. The normalized spacial score (nSPS) is 15.0. The standard InChI is InChI=1S/C24H25N5O4S2/c1-17-16-22-26-27-24(29(22)21-5-3-2-4-20(17)21)34-15-10-23(30)25-18-6-8-19(9-7-18)35(31,32)28-11-13-33-14-12-28/h2-9,16H,10-15H2,1H3,(H,25,30). The number of carbonyl (C=O) groups is 1. The third kappa shape index (κ3) is 4.90. The number of anilines is 1. The molecule has 9 nitrogen and oxygen atoms in total. The Balaban J connectivity index is 1.20. The van der Waals surface area contributed by atoms with Crippen molar-refractivity contribution < 1.29 is 17.9 Å². The van der Waals surface area contributed by atoms with Crippen LogP contribution in [0.5, 0.6) is 0 Å². The van der Waals surface area contributed by atoms with Gasteiger partial charge in [0.15, 0.2) is 10.8 Å². The molecule has 1 fully saturated rings. The van der Waals surface area contributed by atoms with Gasteiger partial charge in [-0.2, -0.15) is 4.31 Å². The van der Waals surface area contributed by atoms with Gasteiger partial charge in [-0.3, -0.25) is 9.20 Å². The van der Waals surface area contributed by atoms with Crippen molar-refractivity contribution in [3.8, 4) is 0 Å². The Bertz CT molecular complexity index is 1480. The van der Waals surface area contributed by atoms with Gasteiger partial charge in [0, 0.05) is 36.3 Å². The molecule has 1 aliphatic heterocycles. The average molecular weight is 512 g/mol. The van der Waals surface area contributed by atoms with Gasteiger partial charge in [0.25, 0.3) is 0 Å². The maximum Gasteiger partial charge on any atom is 0.243 e. The van der Waals surface area contributed by atoms with E-state index in [4.69, 9.17) is 4.74 Å². The molecule has 0 bridgehead atoms. The van der Waals surface area contributed by atoms with Crippen LogP contribution < -0.4 is 5.32 Å². The van der Waals surface area contributed by atoms with Crippen LogP contribution in [0.25, 0.3) is 16.6 Å². The summed E-state index contributed by atoms with van der Waals surface area (Å²) in [6, 6.07) is 16.4. The molecule has 4 aromatic rings. The highest BCUT2D eigenvalue weighted by molar-refractivity contribution is 7.99. The number of hydrogen-bond acceptors (Lipinski definition) is 7. The largest absolute Gasteiger partial charge is 0.379 e. The highest BCUT2D eigenvalue weighted by atomic mass is 32.2. The number of aromatic nitrogens is 3. The minimum absolute atomic E-state index is 0.157. The molecule has 3 heterocycles. The number of benzene rings is 2. The van der Waals surface area contributed by atoms with E-state index >= 15 is 0 Å². The molecular weight excluding hydrogens is 486 g/mol. The predicted molar refractivity (Wildman–Crippen MR) is 135 cm³/mol. The average Bonchev–Trinajstić information content (AvgIpc) is 3.28. The number of fused-ring (bicyclic) bond motifs is 3. The van der Waals surface area contributed by atoms with Crippen molar-refractivity contribution in [3.63, 3.8) is 0 Å². The van der Waals surface area contributed by atoms with Crippen molar-refractivity contribution in [2.45, 2.75) is 23.4 Å². The molecule has 11 heteroatoms. The van der Waals surface area contributed by atoms with E-state index in [-0.39, 0.29) is 17.2 Å². The van der Waals surface area contributed by atoms with Crippen LogP contribution >= 0.6 is 11.8 Å². The summed E-state index contributed by atoms with van der Waals surface area (Å²) < 4.78 is 34.1. The highest BCUT2D eigenvalue weighted by Gasteiger charge is 2.26. The maximum absolute atomic E-state index is 12.7. The topological polar surface area (TPSA) is 106 Å². The van der Waals surface area contributed by atoms with Crippen LogP contribution in [0, 0.1) is 6.92 Å². The van der Waals surface area contributed by atoms with Crippen molar-refractivity contribution in [2.24, 2.45) is 0 Å². The Kier molecular flexibility index (Phi) is 6.74. The number of hydrogen-bond donors (Lipinski definition) is 1. The highest BCUT2D eigenvalue weighted by Crippen LogP contribution is 2.26. The summed E-state index contributed by atoms with van der Waals surface area (Å²) in [4.78, 5) is 12.7. The van der Waals surface area contributed by atoms with Crippen LogP contribution in [-0.2, 0) is 19.6 Å².